The summed E-state index contributed by atoms with van der Waals surface area (Å²) in [5.74, 6) is -0.732. The Labute approximate surface area is 165 Å². The molecule has 2 rings (SSSR count). The van der Waals surface area contributed by atoms with E-state index in [0.717, 1.165) is 5.56 Å². The molecule has 2 aromatic carbocycles. The average molecular weight is 418 g/mol. The number of hydrogen-bond acceptors (Lipinski definition) is 4. The van der Waals surface area contributed by atoms with Crippen molar-refractivity contribution in [3.05, 3.63) is 50.5 Å². The number of urea groups is 1. The third-order valence-electron chi connectivity index (χ3n) is 3.46. The largest absolute Gasteiger partial charge is 0.494 e. The van der Waals surface area contributed by atoms with E-state index in [0.29, 0.717) is 10.7 Å². The highest BCUT2D eigenvalue weighted by Crippen LogP contribution is 2.40. The lowest BCUT2D eigenvalue weighted by molar-refractivity contribution is 0.0961. The van der Waals surface area contributed by atoms with Gasteiger partial charge >= 0.3 is 6.03 Å². The van der Waals surface area contributed by atoms with E-state index in [4.69, 9.17) is 44.3 Å². The Hall–Kier alpha value is -2.15. The molecule has 6 nitrogen and oxygen atoms in total. The normalized spacial score (nSPS) is 10.2. The number of benzene rings is 2. The number of rotatable bonds is 4. The first-order valence-corrected chi connectivity index (χ1v) is 8.41. The molecule has 0 spiro atoms. The van der Waals surface area contributed by atoms with Gasteiger partial charge in [0.2, 0.25) is 0 Å². The van der Waals surface area contributed by atoms with Crippen LogP contribution in [-0.4, -0.2) is 26.2 Å². The first-order valence-electron chi connectivity index (χ1n) is 7.27. The van der Waals surface area contributed by atoms with Gasteiger partial charge in [0.25, 0.3) is 5.91 Å². The number of para-hydroxylation sites is 1. The van der Waals surface area contributed by atoms with Crippen LogP contribution in [0, 0.1) is 6.92 Å². The summed E-state index contributed by atoms with van der Waals surface area (Å²) in [5, 5.41) is 5.26. The fourth-order valence-corrected chi connectivity index (χ4v) is 3.18. The minimum atomic E-state index is -0.801. The second kappa shape index (κ2) is 8.49. The quantitative estimate of drug-likeness (QED) is 0.739. The van der Waals surface area contributed by atoms with Gasteiger partial charge in [0.15, 0.2) is 11.5 Å². The topological polar surface area (TPSA) is 76.7 Å². The molecule has 2 N–H and O–H groups in total. The summed E-state index contributed by atoms with van der Waals surface area (Å²) >= 11 is 18.2. The molecule has 138 valence electrons. The Bertz CT molecular complexity index is 823. The minimum Gasteiger partial charge on any atom is -0.494 e. The van der Waals surface area contributed by atoms with Crippen LogP contribution in [0.5, 0.6) is 11.5 Å². The smallest absolute Gasteiger partial charge is 0.326 e. The number of nitrogens with one attached hydrogen (secondary N) is 2. The fraction of sp³-hybridized carbons (Fsp3) is 0.176. The van der Waals surface area contributed by atoms with E-state index in [1.165, 1.54) is 20.3 Å². The number of halogens is 3. The lowest BCUT2D eigenvalue weighted by Crippen LogP contribution is -2.35. The van der Waals surface area contributed by atoms with Crippen LogP contribution in [-0.2, 0) is 0 Å². The van der Waals surface area contributed by atoms with Crippen LogP contribution in [0.15, 0.2) is 24.3 Å². The van der Waals surface area contributed by atoms with Crippen molar-refractivity contribution >= 4 is 52.4 Å². The Morgan fingerprint density at radius 3 is 2.04 bits per heavy atom. The number of imide groups is 1. The van der Waals surface area contributed by atoms with Crippen LogP contribution in [0.1, 0.15) is 15.9 Å². The van der Waals surface area contributed by atoms with Gasteiger partial charge in [-0.2, -0.15) is 0 Å². The maximum atomic E-state index is 12.6. The van der Waals surface area contributed by atoms with Gasteiger partial charge in [-0.3, -0.25) is 10.1 Å². The SMILES string of the molecule is COc1c(Cl)cc(Cl)c(OC)c1C(=O)NC(=O)Nc1c(C)cccc1Cl. The van der Waals surface area contributed by atoms with Gasteiger partial charge in [-0.1, -0.05) is 46.9 Å². The third kappa shape index (κ3) is 4.15. The molecule has 0 aliphatic rings. The van der Waals surface area contributed by atoms with Gasteiger partial charge < -0.3 is 14.8 Å². The molecule has 0 aliphatic carbocycles. The minimum absolute atomic E-state index is 0.0344. The molecule has 0 unspecified atom stereocenters. The van der Waals surface area contributed by atoms with Crippen molar-refractivity contribution < 1.29 is 19.1 Å². The lowest BCUT2D eigenvalue weighted by atomic mass is 10.1. The van der Waals surface area contributed by atoms with Crippen molar-refractivity contribution in [3.63, 3.8) is 0 Å². The summed E-state index contributed by atoms with van der Waals surface area (Å²) in [7, 11) is 2.66. The number of carbonyl (C=O) groups excluding carboxylic acids is 2. The third-order valence-corrected chi connectivity index (χ3v) is 4.34. The highest BCUT2D eigenvalue weighted by atomic mass is 35.5. The summed E-state index contributed by atoms with van der Waals surface area (Å²) < 4.78 is 10.3. The number of anilines is 1. The van der Waals surface area contributed by atoms with E-state index in [9.17, 15) is 9.59 Å². The van der Waals surface area contributed by atoms with E-state index < -0.39 is 11.9 Å². The fourth-order valence-electron chi connectivity index (χ4n) is 2.29. The summed E-state index contributed by atoms with van der Waals surface area (Å²) in [6.45, 7) is 1.77. The van der Waals surface area contributed by atoms with Crippen molar-refractivity contribution in [3.8, 4) is 11.5 Å². The number of hydrogen-bond donors (Lipinski definition) is 2. The molecule has 2 aromatic rings. The van der Waals surface area contributed by atoms with Crippen molar-refractivity contribution in [1.29, 1.82) is 0 Å². The Morgan fingerprint density at radius 2 is 1.54 bits per heavy atom. The molecule has 0 aliphatic heterocycles. The summed E-state index contributed by atoms with van der Waals surface area (Å²) in [6, 6.07) is 5.73. The Morgan fingerprint density at radius 1 is 0.962 bits per heavy atom. The van der Waals surface area contributed by atoms with Crippen molar-refractivity contribution in [2.24, 2.45) is 0 Å². The first kappa shape index (κ1) is 20.2. The molecule has 0 radical (unpaired) electrons. The van der Waals surface area contributed by atoms with Crippen molar-refractivity contribution in [2.45, 2.75) is 6.92 Å². The second-order valence-electron chi connectivity index (χ2n) is 5.12. The maximum absolute atomic E-state index is 12.6. The molecule has 9 heteroatoms. The van der Waals surface area contributed by atoms with E-state index >= 15 is 0 Å². The van der Waals surface area contributed by atoms with Crippen LogP contribution in [0.3, 0.4) is 0 Å². The monoisotopic (exact) mass is 416 g/mol. The van der Waals surface area contributed by atoms with E-state index in [2.05, 4.69) is 10.6 Å². The summed E-state index contributed by atoms with van der Waals surface area (Å²) in [4.78, 5) is 24.8. The van der Waals surface area contributed by atoms with Gasteiger partial charge in [0.05, 0.1) is 35.0 Å². The van der Waals surface area contributed by atoms with Gasteiger partial charge in [-0.15, -0.1) is 0 Å². The molecule has 0 saturated carbocycles. The molecule has 0 fully saturated rings. The number of ether oxygens (including phenoxy) is 2. The van der Waals surface area contributed by atoms with Crippen LogP contribution >= 0.6 is 34.8 Å². The van der Waals surface area contributed by atoms with Crippen LogP contribution < -0.4 is 20.1 Å². The molecule has 26 heavy (non-hydrogen) atoms. The van der Waals surface area contributed by atoms with Crippen molar-refractivity contribution in [1.82, 2.24) is 5.32 Å². The predicted octanol–water partition coefficient (Wildman–Crippen LogP) is 4.93. The number of carbonyl (C=O) groups is 2. The van der Waals surface area contributed by atoms with Crippen molar-refractivity contribution in [2.75, 3.05) is 19.5 Å². The van der Waals surface area contributed by atoms with E-state index in [1.807, 2.05) is 0 Å². The molecular formula is C17H15Cl3N2O4. The van der Waals surface area contributed by atoms with Gasteiger partial charge in [-0.25, -0.2) is 4.79 Å². The van der Waals surface area contributed by atoms with Gasteiger partial charge in [0.1, 0.15) is 5.56 Å². The zero-order valence-electron chi connectivity index (χ0n) is 14.1. The maximum Gasteiger partial charge on any atom is 0.326 e. The van der Waals surface area contributed by atoms with Gasteiger partial charge in [-0.05, 0) is 24.6 Å². The zero-order chi connectivity index (χ0) is 19.4. The Balaban J connectivity index is 2.31. The average Bonchev–Trinajstić information content (AvgIpc) is 2.57. The van der Waals surface area contributed by atoms with Crippen LogP contribution in [0.4, 0.5) is 10.5 Å². The molecule has 0 heterocycles. The predicted molar refractivity (Wildman–Crippen MR) is 102 cm³/mol. The highest BCUT2D eigenvalue weighted by molar-refractivity contribution is 6.38. The summed E-state index contributed by atoms with van der Waals surface area (Å²) in [5.41, 5.74) is 1.03. The molecule has 0 bridgehead atoms. The molecule has 0 atom stereocenters. The first-order chi connectivity index (χ1) is 12.3. The van der Waals surface area contributed by atoms with E-state index in [-0.39, 0.29) is 27.1 Å². The van der Waals surface area contributed by atoms with Crippen LogP contribution in [0.2, 0.25) is 15.1 Å². The second-order valence-corrected chi connectivity index (χ2v) is 6.34. The lowest BCUT2D eigenvalue weighted by Gasteiger charge is -2.16. The van der Waals surface area contributed by atoms with Gasteiger partial charge in [0, 0.05) is 0 Å². The number of aryl methyl sites for hydroxylation is 1. The molecule has 3 amide bonds. The summed E-state index contributed by atoms with van der Waals surface area (Å²) in [6.07, 6.45) is 0. The standard InChI is InChI=1S/C17H15Cl3N2O4/c1-8-5-4-6-9(18)13(8)21-17(24)22-16(23)12-14(25-2)10(19)7-11(20)15(12)26-3/h4-7H,1-3H3,(H2,21,22,23,24). The van der Waals surface area contributed by atoms with Crippen LogP contribution in [0.25, 0.3) is 0 Å². The zero-order valence-corrected chi connectivity index (χ0v) is 16.3. The number of methoxy groups -OCH3 is 2. The highest BCUT2D eigenvalue weighted by Gasteiger charge is 2.25. The molecular weight excluding hydrogens is 403 g/mol. The number of amides is 3. The van der Waals surface area contributed by atoms with E-state index in [1.54, 1.807) is 25.1 Å². The Kier molecular flexibility index (Phi) is 6.58. The molecule has 0 saturated heterocycles. The molecule has 0 aromatic heterocycles.